The van der Waals surface area contributed by atoms with Gasteiger partial charge in [0, 0.05) is 35.3 Å². The first-order valence-corrected chi connectivity index (χ1v) is 10.2. The summed E-state index contributed by atoms with van der Waals surface area (Å²) in [6.45, 7) is 0.349. The van der Waals surface area contributed by atoms with Crippen molar-refractivity contribution in [1.29, 1.82) is 0 Å². The number of halogens is 2. The minimum absolute atomic E-state index is 0.0375. The first-order chi connectivity index (χ1) is 15.4. The van der Waals surface area contributed by atoms with Crippen LogP contribution in [0.2, 0.25) is 5.02 Å². The molecule has 0 atom stereocenters. The highest BCUT2D eigenvalue weighted by atomic mass is 35.5. The zero-order valence-corrected chi connectivity index (χ0v) is 18.2. The molecule has 166 valence electrons. The Morgan fingerprint density at radius 1 is 1.28 bits per heavy atom. The predicted octanol–water partition coefficient (Wildman–Crippen LogP) is 3.38. The maximum absolute atomic E-state index is 14.7. The van der Waals surface area contributed by atoms with Crippen molar-refractivity contribution >= 4 is 40.7 Å². The molecule has 4 rings (SSSR count). The topological polar surface area (TPSA) is 88.5 Å². The lowest BCUT2D eigenvalue weighted by molar-refractivity contribution is -0.139. The van der Waals surface area contributed by atoms with E-state index in [4.69, 9.17) is 11.6 Å². The summed E-state index contributed by atoms with van der Waals surface area (Å²) >= 11 is 6.17. The predicted molar refractivity (Wildman–Crippen MR) is 119 cm³/mol. The summed E-state index contributed by atoms with van der Waals surface area (Å²) in [5, 5.41) is 10.9. The molecule has 0 radical (unpaired) electrons. The van der Waals surface area contributed by atoms with Crippen LogP contribution in [0, 0.1) is 5.82 Å². The van der Waals surface area contributed by atoms with Crippen LogP contribution in [0.4, 0.5) is 21.6 Å². The first-order valence-electron chi connectivity index (χ1n) is 9.82. The van der Waals surface area contributed by atoms with Gasteiger partial charge in [-0.2, -0.15) is 5.10 Å². The van der Waals surface area contributed by atoms with Crippen molar-refractivity contribution < 1.29 is 18.7 Å². The largest absolute Gasteiger partial charge is 0.468 e. The third-order valence-corrected chi connectivity index (χ3v) is 5.44. The van der Waals surface area contributed by atoms with E-state index in [1.807, 2.05) is 0 Å². The molecule has 0 aliphatic carbocycles. The van der Waals surface area contributed by atoms with Crippen molar-refractivity contribution in [3.63, 3.8) is 0 Å². The molecular formula is C22H21ClFN5O3. The number of aryl methyl sites for hydroxylation is 1. The molecule has 2 heterocycles. The molecule has 32 heavy (non-hydrogen) atoms. The van der Waals surface area contributed by atoms with E-state index in [1.165, 1.54) is 19.2 Å². The van der Waals surface area contributed by atoms with E-state index in [9.17, 15) is 14.0 Å². The highest BCUT2D eigenvalue weighted by Crippen LogP contribution is 2.37. The molecule has 0 fully saturated rings. The molecule has 1 aliphatic heterocycles. The number of carbonyl (C=O) groups is 2. The van der Waals surface area contributed by atoms with Crippen LogP contribution in [0.5, 0.6) is 0 Å². The molecule has 0 bridgehead atoms. The summed E-state index contributed by atoms with van der Waals surface area (Å²) in [6, 6.07) is 9.49. The van der Waals surface area contributed by atoms with E-state index in [0.29, 0.717) is 22.0 Å². The van der Waals surface area contributed by atoms with Crippen molar-refractivity contribution in [3.8, 4) is 0 Å². The number of aromatic nitrogens is 2. The molecule has 0 saturated heterocycles. The fourth-order valence-electron chi connectivity index (χ4n) is 3.52. The fourth-order valence-corrected chi connectivity index (χ4v) is 3.69. The van der Waals surface area contributed by atoms with Crippen molar-refractivity contribution in [2.75, 3.05) is 23.9 Å². The number of nitrogens with zero attached hydrogens (tertiary/aromatic N) is 3. The summed E-state index contributed by atoms with van der Waals surface area (Å²) in [4.78, 5) is 26.2. The second-order valence-electron chi connectivity index (χ2n) is 7.31. The zero-order chi connectivity index (χ0) is 22.8. The molecule has 1 aromatic heterocycles. The average molecular weight is 458 g/mol. The van der Waals surface area contributed by atoms with E-state index < -0.39 is 11.8 Å². The molecule has 2 aromatic carbocycles. The molecular weight excluding hydrogens is 437 g/mol. The van der Waals surface area contributed by atoms with Gasteiger partial charge in [0.2, 0.25) is 0 Å². The maximum Gasteiger partial charge on any atom is 0.319 e. The van der Waals surface area contributed by atoms with E-state index in [1.54, 1.807) is 47.1 Å². The standard InChI is InChI=1S/C22H21ClFN5O3/c1-28-21-15(10-26-28)12-29(19-6-5-16(23)8-18(19)27-21)22(31)13-3-4-14(17(24)7-13)9-25-11-20(30)32-2/h3-8,10,25,27H,9,11-12H2,1-2H3. The molecule has 3 aromatic rings. The molecule has 0 saturated carbocycles. The molecule has 1 amide bonds. The Bertz CT molecular complexity index is 1200. The van der Waals surface area contributed by atoms with Crippen LogP contribution in [-0.4, -0.2) is 35.3 Å². The van der Waals surface area contributed by atoms with Crippen LogP contribution in [0.3, 0.4) is 0 Å². The van der Waals surface area contributed by atoms with Crippen LogP contribution in [-0.2, 0) is 29.7 Å². The van der Waals surface area contributed by atoms with Crippen molar-refractivity contribution in [2.24, 2.45) is 7.05 Å². The summed E-state index contributed by atoms with van der Waals surface area (Å²) in [7, 11) is 3.08. The lowest BCUT2D eigenvalue weighted by Crippen LogP contribution is -2.30. The van der Waals surface area contributed by atoms with Crippen LogP contribution < -0.4 is 15.5 Å². The number of fused-ring (bicyclic) bond motifs is 2. The Morgan fingerprint density at radius 3 is 2.84 bits per heavy atom. The van der Waals surface area contributed by atoms with E-state index in [0.717, 1.165) is 11.4 Å². The molecule has 10 heteroatoms. The number of anilines is 3. The minimum atomic E-state index is -0.542. The van der Waals surface area contributed by atoms with Gasteiger partial charge >= 0.3 is 5.97 Å². The van der Waals surface area contributed by atoms with Gasteiger partial charge < -0.3 is 20.3 Å². The number of hydrogen-bond donors (Lipinski definition) is 2. The van der Waals surface area contributed by atoms with Gasteiger partial charge in [0.25, 0.3) is 5.91 Å². The van der Waals surface area contributed by atoms with E-state index in [2.05, 4.69) is 20.5 Å². The zero-order valence-electron chi connectivity index (χ0n) is 17.5. The summed E-state index contributed by atoms with van der Waals surface area (Å²) in [5.41, 5.74) is 2.63. The highest BCUT2D eigenvalue weighted by Gasteiger charge is 2.27. The van der Waals surface area contributed by atoms with Crippen LogP contribution >= 0.6 is 11.6 Å². The molecule has 0 spiro atoms. The number of amides is 1. The van der Waals surface area contributed by atoms with Crippen molar-refractivity contribution in [3.05, 3.63) is 70.1 Å². The number of hydrogen-bond acceptors (Lipinski definition) is 6. The highest BCUT2D eigenvalue weighted by molar-refractivity contribution is 6.31. The number of carbonyl (C=O) groups excluding carboxylic acids is 2. The normalized spacial score (nSPS) is 12.4. The summed E-state index contributed by atoms with van der Waals surface area (Å²) < 4.78 is 20.9. The number of esters is 1. The van der Waals surface area contributed by atoms with Gasteiger partial charge in [-0.05, 0) is 30.3 Å². The van der Waals surface area contributed by atoms with Gasteiger partial charge in [0.05, 0.1) is 37.8 Å². The van der Waals surface area contributed by atoms with Crippen molar-refractivity contribution in [1.82, 2.24) is 15.1 Å². The summed E-state index contributed by atoms with van der Waals surface area (Å²) in [5.74, 6) is -0.595. The Hall–Kier alpha value is -3.43. The van der Waals surface area contributed by atoms with Gasteiger partial charge in [-0.3, -0.25) is 14.3 Å². The fraction of sp³-hybridized carbons (Fsp3) is 0.227. The third kappa shape index (κ3) is 4.30. The van der Waals surface area contributed by atoms with Gasteiger partial charge in [-0.15, -0.1) is 0 Å². The Kier molecular flexibility index (Phi) is 6.11. The lowest BCUT2D eigenvalue weighted by Gasteiger charge is -2.23. The Labute approximate surface area is 188 Å². The number of ether oxygens (including phenoxy) is 1. The van der Waals surface area contributed by atoms with Gasteiger partial charge in [-0.25, -0.2) is 4.39 Å². The van der Waals surface area contributed by atoms with Crippen LogP contribution in [0.25, 0.3) is 0 Å². The molecule has 0 unspecified atom stereocenters. The summed E-state index contributed by atoms with van der Waals surface area (Å²) in [6.07, 6.45) is 1.69. The maximum atomic E-state index is 14.7. The third-order valence-electron chi connectivity index (χ3n) is 5.20. The number of methoxy groups -OCH3 is 1. The quantitative estimate of drug-likeness (QED) is 0.571. The van der Waals surface area contributed by atoms with E-state index >= 15 is 0 Å². The van der Waals surface area contributed by atoms with Crippen LogP contribution in [0.15, 0.2) is 42.6 Å². The SMILES string of the molecule is COC(=O)CNCc1ccc(C(=O)N2Cc3cnn(C)c3Nc3cc(Cl)ccc32)cc1F. The minimum Gasteiger partial charge on any atom is -0.468 e. The Morgan fingerprint density at radius 2 is 2.09 bits per heavy atom. The average Bonchev–Trinajstić information content (AvgIpc) is 3.02. The van der Waals surface area contributed by atoms with Crippen molar-refractivity contribution in [2.45, 2.75) is 13.1 Å². The second kappa shape index (κ2) is 8.97. The van der Waals surface area contributed by atoms with Crippen LogP contribution in [0.1, 0.15) is 21.5 Å². The monoisotopic (exact) mass is 457 g/mol. The Balaban J connectivity index is 1.62. The van der Waals surface area contributed by atoms with Gasteiger partial charge in [-0.1, -0.05) is 17.7 Å². The smallest absolute Gasteiger partial charge is 0.319 e. The van der Waals surface area contributed by atoms with Gasteiger partial charge in [0.15, 0.2) is 0 Å². The molecule has 8 nitrogen and oxygen atoms in total. The molecule has 2 N–H and O–H groups in total. The lowest BCUT2D eigenvalue weighted by atomic mass is 10.1. The second-order valence-corrected chi connectivity index (χ2v) is 7.74. The molecule has 1 aliphatic rings. The van der Waals surface area contributed by atoms with E-state index in [-0.39, 0.29) is 31.1 Å². The number of benzene rings is 2. The number of nitrogens with one attached hydrogen (secondary N) is 2. The number of rotatable bonds is 5. The first kappa shape index (κ1) is 21.8. The van der Waals surface area contributed by atoms with Gasteiger partial charge in [0.1, 0.15) is 11.6 Å².